The molecule has 0 atom stereocenters. The van der Waals surface area contributed by atoms with Crippen molar-refractivity contribution in [3.05, 3.63) is 29.8 Å². The molecule has 1 saturated carbocycles. The molecular weight excluding hydrogens is 246 g/mol. The van der Waals surface area contributed by atoms with Gasteiger partial charge in [-0.15, -0.1) is 0 Å². The number of carbonyl (C=O) groups excluding carboxylic acids is 3. The fraction of sp³-hybridized carbons (Fsp3) is 0.357. The fourth-order valence-corrected chi connectivity index (χ4v) is 1.88. The number of carbonyl (C=O) groups is 3. The Morgan fingerprint density at radius 2 is 1.74 bits per heavy atom. The Labute approximate surface area is 110 Å². The van der Waals surface area contributed by atoms with Gasteiger partial charge in [-0.1, -0.05) is 0 Å². The standard InChI is InChI=1S/C14H15NO4/c1-9(16)10-3-5-11(6-4-10)15-12(17)14(7-8-14)13(18)19-2/h3-6H,7-8H2,1-2H3,(H,15,17). The Bertz CT molecular complexity index is 529. The smallest absolute Gasteiger partial charge is 0.321 e. The molecule has 2 rings (SSSR count). The molecule has 1 aromatic carbocycles. The lowest BCUT2D eigenvalue weighted by Gasteiger charge is -2.13. The van der Waals surface area contributed by atoms with Gasteiger partial charge in [0.2, 0.25) is 5.91 Å². The van der Waals surface area contributed by atoms with Gasteiger partial charge in [-0.3, -0.25) is 14.4 Å². The van der Waals surface area contributed by atoms with Gasteiger partial charge in [-0.05, 0) is 44.0 Å². The minimum absolute atomic E-state index is 0.0360. The molecular formula is C14H15NO4. The second-order valence-electron chi connectivity index (χ2n) is 4.66. The molecule has 0 bridgehead atoms. The first kappa shape index (κ1) is 13.3. The highest BCUT2D eigenvalue weighted by molar-refractivity contribution is 6.11. The normalized spacial score (nSPS) is 15.5. The number of amides is 1. The van der Waals surface area contributed by atoms with Crippen molar-refractivity contribution in [3.8, 4) is 0 Å². The zero-order valence-electron chi connectivity index (χ0n) is 10.9. The van der Waals surface area contributed by atoms with E-state index in [0.29, 0.717) is 24.1 Å². The van der Waals surface area contributed by atoms with Gasteiger partial charge < -0.3 is 10.1 Å². The summed E-state index contributed by atoms with van der Waals surface area (Å²) in [4.78, 5) is 34.7. The van der Waals surface area contributed by atoms with Crippen molar-refractivity contribution in [3.63, 3.8) is 0 Å². The molecule has 0 radical (unpaired) electrons. The van der Waals surface area contributed by atoms with Gasteiger partial charge in [0.1, 0.15) is 5.41 Å². The van der Waals surface area contributed by atoms with E-state index in [1.807, 2.05) is 0 Å². The maximum atomic E-state index is 12.0. The van der Waals surface area contributed by atoms with Gasteiger partial charge in [0.15, 0.2) is 5.78 Å². The molecule has 0 aliphatic heterocycles. The third-order valence-corrected chi connectivity index (χ3v) is 3.31. The average molecular weight is 261 g/mol. The molecule has 100 valence electrons. The van der Waals surface area contributed by atoms with Crippen LogP contribution in [-0.4, -0.2) is 24.8 Å². The lowest BCUT2D eigenvalue weighted by Crippen LogP contribution is -2.32. The SMILES string of the molecule is COC(=O)C1(C(=O)Nc2ccc(C(C)=O)cc2)CC1. The monoisotopic (exact) mass is 261 g/mol. The lowest BCUT2D eigenvalue weighted by molar-refractivity contribution is -0.150. The summed E-state index contributed by atoms with van der Waals surface area (Å²) in [7, 11) is 1.28. The highest BCUT2D eigenvalue weighted by atomic mass is 16.5. The van der Waals surface area contributed by atoms with Crippen LogP contribution in [-0.2, 0) is 14.3 Å². The predicted molar refractivity (Wildman–Crippen MR) is 68.8 cm³/mol. The molecule has 5 nitrogen and oxygen atoms in total. The van der Waals surface area contributed by atoms with E-state index in [1.54, 1.807) is 24.3 Å². The van der Waals surface area contributed by atoms with Gasteiger partial charge in [0.25, 0.3) is 0 Å². The molecule has 1 fully saturated rings. The van der Waals surface area contributed by atoms with Crippen LogP contribution in [0.2, 0.25) is 0 Å². The van der Waals surface area contributed by atoms with E-state index in [1.165, 1.54) is 14.0 Å². The van der Waals surface area contributed by atoms with Crippen molar-refractivity contribution in [2.24, 2.45) is 5.41 Å². The number of nitrogens with one attached hydrogen (secondary N) is 1. The Kier molecular flexibility index (Phi) is 3.38. The van der Waals surface area contributed by atoms with Crippen molar-refractivity contribution in [2.75, 3.05) is 12.4 Å². The van der Waals surface area contributed by atoms with Gasteiger partial charge in [0, 0.05) is 11.3 Å². The van der Waals surface area contributed by atoms with E-state index in [2.05, 4.69) is 10.1 Å². The molecule has 0 spiro atoms. The Hall–Kier alpha value is -2.17. The number of hydrogen-bond acceptors (Lipinski definition) is 4. The first-order chi connectivity index (χ1) is 8.99. The largest absolute Gasteiger partial charge is 0.468 e. The molecule has 0 unspecified atom stereocenters. The Morgan fingerprint density at radius 1 is 1.16 bits per heavy atom. The molecule has 5 heteroatoms. The molecule has 0 saturated heterocycles. The number of ketones is 1. The van der Waals surface area contributed by atoms with Crippen LogP contribution in [0.15, 0.2) is 24.3 Å². The van der Waals surface area contributed by atoms with E-state index in [9.17, 15) is 14.4 Å². The molecule has 1 aromatic rings. The number of methoxy groups -OCH3 is 1. The van der Waals surface area contributed by atoms with E-state index in [-0.39, 0.29) is 11.7 Å². The second-order valence-corrected chi connectivity index (χ2v) is 4.66. The molecule has 19 heavy (non-hydrogen) atoms. The Morgan fingerprint density at radius 3 is 2.16 bits per heavy atom. The van der Waals surface area contributed by atoms with Gasteiger partial charge in [-0.2, -0.15) is 0 Å². The average Bonchev–Trinajstić information content (AvgIpc) is 3.20. The van der Waals surface area contributed by atoms with Crippen molar-refractivity contribution in [1.29, 1.82) is 0 Å². The van der Waals surface area contributed by atoms with Crippen molar-refractivity contribution >= 4 is 23.3 Å². The minimum Gasteiger partial charge on any atom is -0.468 e. The van der Waals surface area contributed by atoms with Crippen molar-refractivity contribution in [1.82, 2.24) is 0 Å². The highest BCUT2D eigenvalue weighted by Gasteiger charge is 2.57. The van der Waals surface area contributed by atoms with Crippen molar-refractivity contribution in [2.45, 2.75) is 19.8 Å². The van der Waals surface area contributed by atoms with E-state index in [0.717, 1.165) is 0 Å². The molecule has 1 N–H and O–H groups in total. The maximum Gasteiger partial charge on any atom is 0.321 e. The molecule has 0 heterocycles. The van der Waals surface area contributed by atoms with Crippen LogP contribution in [0.3, 0.4) is 0 Å². The van der Waals surface area contributed by atoms with Crippen LogP contribution in [0, 0.1) is 5.41 Å². The van der Waals surface area contributed by atoms with Crippen LogP contribution in [0.5, 0.6) is 0 Å². The summed E-state index contributed by atoms with van der Waals surface area (Å²) in [5, 5.41) is 2.67. The third kappa shape index (κ3) is 2.50. The number of hydrogen-bond donors (Lipinski definition) is 1. The topological polar surface area (TPSA) is 72.5 Å². The summed E-state index contributed by atoms with van der Waals surface area (Å²) in [6.07, 6.45) is 1.02. The number of rotatable bonds is 4. The van der Waals surface area contributed by atoms with Crippen LogP contribution in [0.1, 0.15) is 30.1 Å². The number of Topliss-reactive ketones (excluding diaryl/α,β-unsaturated/α-hetero) is 1. The first-order valence-corrected chi connectivity index (χ1v) is 6.00. The van der Waals surface area contributed by atoms with Crippen LogP contribution in [0.4, 0.5) is 5.69 Å². The summed E-state index contributed by atoms with van der Waals surface area (Å²) in [6, 6.07) is 6.55. The van der Waals surface area contributed by atoms with Crippen LogP contribution >= 0.6 is 0 Å². The zero-order valence-corrected chi connectivity index (χ0v) is 10.9. The Balaban J connectivity index is 2.07. The zero-order chi connectivity index (χ0) is 14.0. The van der Waals surface area contributed by atoms with Gasteiger partial charge in [-0.25, -0.2) is 0 Å². The van der Waals surface area contributed by atoms with E-state index >= 15 is 0 Å². The summed E-state index contributed by atoms with van der Waals surface area (Å²) < 4.78 is 4.64. The number of ether oxygens (including phenoxy) is 1. The first-order valence-electron chi connectivity index (χ1n) is 6.00. The van der Waals surface area contributed by atoms with Crippen molar-refractivity contribution < 1.29 is 19.1 Å². The summed E-state index contributed by atoms with van der Waals surface area (Å²) in [6.45, 7) is 1.48. The highest BCUT2D eigenvalue weighted by Crippen LogP contribution is 2.47. The van der Waals surface area contributed by atoms with Gasteiger partial charge >= 0.3 is 5.97 Å². The third-order valence-electron chi connectivity index (χ3n) is 3.31. The summed E-state index contributed by atoms with van der Waals surface area (Å²) in [5.41, 5.74) is 0.117. The molecule has 1 aliphatic carbocycles. The number of anilines is 1. The van der Waals surface area contributed by atoms with Gasteiger partial charge in [0.05, 0.1) is 7.11 Å². The number of benzene rings is 1. The molecule has 1 amide bonds. The van der Waals surface area contributed by atoms with Crippen LogP contribution in [0.25, 0.3) is 0 Å². The van der Waals surface area contributed by atoms with E-state index < -0.39 is 11.4 Å². The lowest BCUT2D eigenvalue weighted by atomic mass is 10.1. The summed E-state index contributed by atoms with van der Waals surface area (Å²) >= 11 is 0. The quantitative estimate of drug-likeness (QED) is 0.509. The second kappa shape index (κ2) is 4.84. The molecule has 1 aliphatic rings. The summed E-state index contributed by atoms with van der Waals surface area (Å²) in [5.74, 6) is -0.883. The number of esters is 1. The predicted octanol–water partition coefficient (Wildman–Crippen LogP) is 1.78. The van der Waals surface area contributed by atoms with Crippen LogP contribution < -0.4 is 5.32 Å². The fourth-order valence-electron chi connectivity index (χ4n) is 1.88. The molecule has 0 aromatic heterocycles. The minimum atomic E-state index is -1.02. The van der Waals surface area contributed by atoms with E-state index in [4.69, 9.17) is 0 Å². The maximum absolute atomic E-state index is 12.0.